The first-order valence-corrected chi connectivity index (χ1v) is 7.06. The molecule has 0 spiro atoms. The summed E-state index contributed by atoms with van der Waals surface area (Å²) >= 11 is 1.49. The summed E-state index contributed by atoms with van der Waals surface area (Å²) in [6.45, 7) is 0.365. The molecule has 0 radical (unpaired) electrons. The lowest BCUT2D eigenvalue weighted by atomic mass is 10.2. The molecule has 0 aliphatic heterocycles. The van der Waals surface area contributed by atoms with Crippen LogP contribution >= 0.6 is 11.3 Å². The molecular formula is C14H15FN2O2S. The molecule has 2 rings (SSSR count). The van der Waals surface area contributed by atoms with E-state index in [2.05, 4.69) is 10.6 Å². The van der Waals surface area contributed by atoms with Crippen LogP contribution in [0.4, 0.5) is 9.18 Å². The van der Waals surface area contributed by atoms with Gasteiger partial charge in [-0.25, -0.2) is 9.18 Å². The van der Waals surface area contributed by atoms with Gasteiger partial charge in [0.05, 0.1) is 6.10 Å². The summed E-state index contributed by atoms with van der Waals surface area (Å²) in [5.74, 6) is -0.336. The second-order valence-electron chi connectivity index (χ2n) is 4.27. The van der Waals surface area contributed by atoms with Gasteiger partial charge in [0.15, 0.2) is 0 Å². The van der Waals surface area contributed by atoms with Crippen molar-refractivity contribution in [3.05, 3.63) is 58.0 Å². The third kappa shape index (κ3) is 4.32. The average molecular weight is 294 g/mol. The number of thiophene rings is 1. The van der Waals surface area contributed by atoms with Gasteiger partial charge < -0.3 is 15.7 Å². The van der Waals surface area contributed by atoms with Crippen LogP contribution < -0.4 is 10.6 Å². The van der Waals surface area contributed by atoms with Crippen molar-refractivity contribution >= 4 is 17.4 Å². The highest BCUT2D eigenvalue weighted by molar-refractivity contribution is 7.07. The van der Waals surface area contributed by atoms with E-state index in [0.29, 0.717) is 5.56 Å². The Morgan fingerprint density at radius 3 is 2.90 bits per heavy atom. The fourth-order valence-electron chi connectivity index (χ4n) is 1.66. The number of carbonyl (C=O) groups is 1. The molecule has 1 aromatic heterocycles. The smallest absolute Gasteiger partial charge is 0.315 e. The Labute approximate surface area is 120 Å². The molecule has 1 aromatic carbocycles. The normalized spacial score (nSPS) is 11.9. The van der Waals surface area contributed by atoms with Gasteiger partial charge in [0.25, 0.3) is 0 Å². The fourth-order valence-corrected chi connectivity index (χ4v) is 2.37. The summed E-state index contributed by atoms with van der Waals surface area (Å²) < 4.78 is 12.9. The van der Waals surface area contributed by atoms with Crippen molar-refractivity contribution in [2.45, 2.75) is 12.6 Å². The van der Waals surface area contributed by atoms with E-state index in [1.54, 1.807) is 12.1 Å². The Balaban J connectivity index is 1.73. The number of carbonyl (C=O) groups excluding carboxylic acids is 1. The highest BCUT2D eigenvalue weighted by atomic mass is 32.1. The minimum absolute atomic E-state index is 0.131. The fraction of sp³-hybridized carbons (Fsp3) is 0.214. The molecule has 1 heterocycles. The number of aliphatic hydroxyl groups is 1. The zero-order chi connectivity index (χ0) is 14.4. The van der Waals surface area contributed by atoms with Crippen LogP contribution in [0.1, 0.15) is 17.2 Å². The van der Waals surface area contributed by atoms with Crippen LogP contribution in [0.5, 0.6) is 0 Å². The molecule has 20 heavy (non-hydrogen) atoms. The summed E-state index contributed by atoms with van der Waals surface area (Å²) in [7, 11) is 0. The monoisotopic (exact) mass is 294 g/mol. The molecule has 0 aliphatic carbocycles. The molecule has 0 fully saturated rings. The predicted octanol–water partition coefficient (Wildman–Crippen LogP) is 2.42. The molecule has 6 heteroatoms. The maximum atomic E-state index is 12.9. The molecule has 0 saturated heterocycles. The van der Waals surface area contributed by atoms with Gasteiger partial charge in [-0.15, -0.1) is 0 Å². The molecule has 3 N–H and O–H groups in total. The Morgan fingerprint density at radius 1 is 1.35 bits per heavy atom. The van der Waals surface area contributed by atoms with Crippen LogP contribution in [0.15, 0.2) is 41.1 Å². The number of halogens is 1. The van der Waals surface area contributed by atoms with Gasteiger partial charge in [-0.1, -0.05) is 12.1 Å². The van der Waals surface area contributed by atoms with Crippen LogP contribution in [0.2, 0.25) is 0 Å². The number of amides is 2. The maximum absolute atomic E-state index is 12.9. The molecule has 0 saturated carbocycles. The maximum Gasteiger partial charge on any atom is 0.315 e. The topological polar surface area (TPSA) is 61.4 Å². The molecule has 4 nitrogen and oxygen atoms in total. The predicted molar refractivity (Wildman–Crippen MR) is 75.9 cm³/mol. The zero-order valence-corrected chi connectivity index (χ0v) is 11.5. The second-order valence-corrected chi connectivity index (χ2v) is 5.05. The lowest BCUT2D eigenvalue weighted by molar-refractivity contribution is 0.173. The minimum atomic E-state index is -0.721. The van der Waals surface area contributed by atoms with E-state index in [4.69, 9.17) is 0 Å². The van der Waals surface area contributed by atoms with Crippen molar-refractivity contribution < 1.29 is 14.3 Å². The zero-order valence-electron chi connectivity index (χ0n) is 10.7. The number of urea groups is 1. The molecular weight excluding hydrogens is 279 g/mol. The average Bonchev–Trinajstić information content (AvgIpc) is 2.97. The quantitative estimate of drug-likeness (QED) is 0.793. The third-order valence-corrected chi connectivity index (χ3v) is 3.43. The van der Waals surface area contributed by atoms with Crippen LogP contribution in [-0.2, 0) is 6.54 Å². The van der Waals surface area contributed by atoms with Gasteiger partial charge in [0.1, 0.15) is 5.82 Å². The van der Waals surface area contributed by atoms with Crippen molar-refractivity contribution in [3.8, 4) is 0 Å². The van der Waals surface area contributed by atoms with Crippen LogP contribution in [0.3, 0.4) is 0 Å². The lowest BCUT2D eigenvalue weighted by Gasteiger charge is -2.11. The number of rotatable bonds is 5. The first kappa shape index (κ1) is 14.5. The Hall–Kier alpha value is -1.92. The van der Waals surface area contributed by atoms with E-state index < -0.39 is 12.1 Å². The van der Waals surface area contributed by atoms with E-state index in [1.807, 2.05) is 16.8 Å². The molecule has 106 valence electrons. The van der Waals surface area contributed by atoms with Crippen molar-refractivity contribution in [2.75, 3.05) is 6.54 Å². The van der Waals surface area contributed by atoms with Crippen molar-refractivity contribution in [2.24, 2.45) is 0 Å². The molecule has 1 unspecified atom stereocenters. The lowest BCUT2D eigenvalue weighted by Crippen LogP contribution is -2.37. The Bertz CT molecular complexity index is 560. The molecule has 0 aliphatic rings. The summed E-state index contributed by atoms with van der Waals surface area (Å²) in [6, 6.07) is 7.43. The highest BCUT2D eigenvalue weighted by Crippen LogP contribution is 2.14. The molecule has 0 bridgehead atoms. The van der Waals surface area contributed by atoms with Crippen LogP contribution in [0, 0.1) is 5.82 Å². The van der Waals surface area contributed by atoms with Crippen LogP contribution in [0.25, 0.3) is 0 Å². The molecule has 2 aromatic rings. The third-order valence-electron chi connectivity index (χ3n) is 2.73. The first-order valence-electron chi connectivity index (χ1n) is 6.11. The number of nitrogens with one attached hydrogen (secondary N) is 2. The Morgan fingerprint density at radius 2 is 2.20 bits per heavy atom. The van der Waals surface area contributed by atoms with Crippen molar-refractivity contribution in [3.63, 3.8) is 0 Å². The van der Waals surface area contributed by atoms with E-state index in [-0.39, 0.29) is 18.9 Å². The molecule has 1 atom stereocenters. The molecule has 2 amide bonds. The first-order chi connectivity index (χ1) is 9.65. The summed E-state index contributed by atoms with van der Waals surface area (Å²) in [6.07, 6.45) is -0.721. The van der Waals surface area contributed by atoms with Gasteiger partial charge in [-0.2, -0.15) is 11.3 Å². The van der Waals surface area contributed by atoms with Crippen LogP contribution in [-0.4, -0.2) is 17.7 Å². The van der Waals surface area contributed by atoms with Gasteiger partial charge >= 0.3 is 6.03 Å². The van der Waals surface area contributed by atoms with E-state index in [1.165, 1.54) is 23.5 Å². The number of aliphatic hydroxyl groups excluding tert-OH is 1. The largest absolute Gasteiger partial charge is 0.387 e. The minimum Gasteiger partial charge on any atom is -0.387 e. The van der Waals surface area contributed by atoms with E-state index >= 15 is 0 Å². The summed E-state index contributed by atoms with van der Waals surface area (Å²) in [5.41, 5.74) is 1.46. The second kappa shape index (κ2) is 7.02. The van der Waals surface area contributed by atoms with E-state index in [9.17, 15) is 14.3 Å². The summed E-state index contributed by atoms with van der Waals surface area (Å²) in [4.78, 5) is 11.6. The number of hydrogen-bond donors (Lipinski definition) is 3. The number of hydrogen-bond acceptors (Lipinski definition) is 3. The van der Waals surface area contributed by atoms with E-state index in [0.717, 1.165) is 5.56 Å². The van der Waals surface area contributed by atoms with Crippen molar-refractivity contribution in [1.29, 1.82) is 0 Å². The van der Waals surface area contributed by atoms with Gasteiger partial charge in [0.2, 0.25) is 0 Å². The standard InChI is InChI=1S/C14H15FN2O2S/c15-12-3-1-2-10(6-12)7-16-14(19)17-8-13(18)11-4-5-20-9-11/h1-6,9,13,18H,7-8H2,(H2,16,17,19). The van der Waals surface area contributed by atoms with Gasteiger partial charge in [0, 0.05) is 13.1 Å². The number of benzene rings is 1. The SMILES string of the molecule is O=C(NCc1cccc(F)c1)NCC(O)c1ccsc1. The van der Waals surface area contributed by atoms with Crippen molar-refractivity contribution in [1.82, 2.24) is 10.6 Å². The Kier molecular flexibility index (Phi) is 5.09. The highest BCUT2D eigenvalue weighted by Gasteiger charge is 2.09. The van der Waals surface area contributed by atoms with Gasteiger partial charge in [-0.3, -0.25) is 0 Å². The van der Waals surface area contributed by atoms with Gasteiger partial charge in [-0.05, 0) is 40.1 Å². The summed E-state index contributed by atoms with van der Waals surface area (Å²) in [5, 5.41) is 18.7.